The van der Waals surface area contributed by atoms with E-state index in [4.69, 9.17) is 0 Å². The molecule has 2 aromatic rings. The number of halogens is 3. The molecule has 0 amide bonds. The van der Waals surface area contributed by atoms with Crippen LogP contribution < -0.4 is 4.74 Å². The highest BCUT2D eigenvalue weighted by Gasteiger charge is 2.32. The van der Waals surface area contributed by atoms with Crippen LogP contribution in [-0.2, 0) is 12.8 Å². The zero-order valence-corrected chi connectivity index (χ0v) is 15.4. The van der Waals surface area contributed by atoms with Crippen LogP contribution in [0.1, 0.15) is 37.3 Å². The van der Waals surface area contributed by atoms with Gasteiger partial charge in [0.15, 0.2) is 0 Å². The molecule has 0 N–H and O–H groups in total. The van der Waals surface area contributed by atoms with Gasteiger partial charge >= 0.3 is 6.36 Å². The molecule has 1 heterocycles. The topological polar surface area (TPSA) is 12.5 Å². The van der Waals surface area contributed by atoms with Crippen LogP contribution in [0.3, 0.4) is 0 Å². The highest BCUT2D eigenvalue weighted by molar-refractivity contribution is 5.66. The van der Waals surface area contributed by atoms with Gasteiger partial charge in [0, 0.05) is 12.1 Å². The molecule has 1 saturated heterocycles. The Morgan fingerprint density at radius 3 is 2.56 bits per heavy atom. The van der Waals surface area contributed by atoms with Crippen LogP contribution in [0.5, 0.6) is 5.75 Å². The van der Waals surface area contributed by atoms with Crippen molar-refractivity contribution in [2.24, 2.45) is 0 Å². The van der Waals surface area contributed by atoms with Crippen molar-refractivity contribution >= 4 is 0 Å². The second kappa shape index (κ2) is 7.19. The number of hydrogen-bond donors (Lipinski definition) is 0. The van der Waals surface area contributed by atoms with Crippen LogP contribution in [0.4, 0.5) is 13.2 Å². The molecular formula is C22H24F3NO. The Kier molecular flexibility index (Phi) is 4.89. The maximum absolute atomic E-state index is 12.5. The van der Waals surface area contributed by atoms with Gasteiger partial charge in [-0.15, -0.1) is 13.2 Å². The van der Waals surface area contributed by atoms with E-state index in [9.17, 15) is 13.2 Å². The minimum absolute atomic E-state index is 0.180. The fraction of sp³-hybridized carbons (Fsp3) is 0.455. The number of benzene rings is 2. The Labute approximate surface area is 157 Å². The predicted molar refractivity (Wildman–Crippen MR) is 99.8 cm³/mol. The Morgan fingerprint density at radius 2 is 1.81 bits per heavy atom. The predicted octanol–water partition coefficient (Wildman–Crippen LogP) is 5.59. The van der Waals surface area contributed by atoms with Crippen molar-refractivity contribution in [3.63, 3.8) is 0 Å². The van der Waals surface area contributed by atoms with Gasteiger partial charge in [0.1, 0.15) is 5.75 Å². The summed E-state index contributed by atoms with van der Waals surface area (Å²) in [5, 5.41) is 0. The van der Waals surface area contributed by atoms with Crippen LogP contribution in [0, 0.1) is 0 Å². The van der Waals surface area contributed by atoms with E-state index in [1.54, 1.807) is 6.07 Å². The molecule has 1 aliphatic carbocycles. The van der Waals surface area contributed by atoms with E-state index in [0.717, 1.165) is 30.4 Å². The number of nitrogens with zero attached hydrogens (tertiary/aromatic N) is 1. The van der Waals surface area contributed by atoms with Crippen molar-refractivity contribution in [2.75, 3.05) is 6.54 Å². The van der Waals surface area contributed by atoms with Crippen molar-refractivity contribution in [3.05, 3.63) is 53.6 Å². The van der Waals surface area contributed by atoms with Crippen LogP contribution in [0.15, 0.2) is 42.5 Å². The van der Waals surface area contributed by atoms with E-state index in [1.807, 2.05) is 12.1 Å². The van der Waals surface area contributed by atoms with Gasteiger partial charge in [0.2, 0.25) is 0 Å². The molecule has 2 unspecified atom stereocenters. The zero-order valence-electron chi connectivity index (χ0n) is 15.4. The van der Waals surface area contributed by atoms with E-state index >= 15 is 0 Å². The van der Waals surface area contributed by atoms with Gasteiger partial charge in [0.25, 0.3) is 0 Å². The molecule has 4 rings (SSSR count). The number of ether oxygens (including phenoxy) is 1. The molecule has 1 aliphatic heterocycles. The third kappa shape index (κ3) is 4.13. The number of hydrogen-bond acceptors (Lipinski definition) is 2. The molecule has 1 fully saturated rings. The normalized spacial score (nSPS) is 23.3. The van der Waals surface area contributed by atoms with Crippen molar-refractivity contribution < 1.29 is 17.9 Å². The fourth-order valence-corrected chi connectivity index (χ4v) is 4.57. The standard InChI is InChI=1S/C22H24F3NO/c1-15-4-3-11-26(15)20-10-9-18-12-17(7-8-19(18)13-20)16-5-2-6-21(14-16)27-22(23,24)25/h2,5-8,12,14-15,20H,3-4,9-11,13H2,1H3. The first-order valence-electron chi connectivity index (χ1n) is 9.63. The quantitative estimate of drug-likeness (QED) is 0.693. The molecule has 144 valence electrons. The molecule has 2 aromatic carbocycles. The van der Waals surface area contributed by atoms with E-state index in [-0.39, 0.29) is 5.75 Å². The number of fused-ring (bicyclic) bond motifs is 1. The summed E-state index contributed by atoms with van der Waals surface area (Å²) in [6.07, 6.45) is 1.15. The van der Waals surface area contributed by atoms with Crippen molar-refractivity contribution in [1.82, 2.24) is 4.90 Å². The summed E-state index contributed by atoms with van der Waals surface area (Å²) in [7, 11) is 0. The summed E-state index contributed by atoms with van der Waals surface area (Å²) >= 11 is 0. The Morgan fingerprint density at radius 1 is 1.00 bits per heavy atom. The lowest BCUT2D eigenvalue weighted by atomic mass is 9.85. The lowest BCUT2D eigenvalue weighted by molar-refractivity contribution is -0.274. The van der Waals surface area contributed by atoms with Crippen LogP contribution in [0.25, 0.3) is 11.1 Å². The summed E-state index contributed by atoms with van der Waals surface area (Å²) < 4.78 is 41.5. The van der Waals surface area contributed by atoms with Gasteiger partial charge < -0.3 is 4.74 Å². The summed E-state index contributed by atoms with van der Waals surface area (Å²) in [4.78, 5) is 2.65. The summed E-state index contributed by atoms with van der Waals surface area (Å²) in [5.74, 6) is -0.180. The maximum atomic E-state index is 12.5. The Bertz CT molecular complexity index is 817. The summed E-state index contributed by atoms with van der Waals surface area (Å²) in [6.45, 7) is 3.52. The lowest BCUT2D eigenvalue weighted by Gasteiger charge is -2.35. The van der Waals surface area contributed by atoms with Gasteiger partial charge in [0.05, 0.1) is 0 Å². The summed E-state index contributed by atoms with van der Waals surface area (Å²) in [5.41, 5.74) is 4.37. The third-order valence-corrected chi connectivity index (χ3v) is 5.88. The first kappa shape index (κ1) is 18.4. The Hall–Kier alpha value is -2.01. The number of aryl methyl sites for hydroxylation is 1. The van der Waals surface area contributed by atoms with Crippen molar-refractivity contribution in [2.45, 2.75) is 57.5 Å². The molecule has 2 atom stereocenters. The highest BCUT2D eigenvalue weighted by Crippen LogP contribution is 2.33. The molecule has 0 aromatic heterocycles. The molecule has 2 nitrogen and oxygen atoms in total. The maximum Gasteiger partial charge on any atom is 0.573 e. The SMILES string of the molecule is CC1CCCN1C1CCc2cc(-c3cccc(OC(F)(F)F)c3)ccc2C1. The van der Waals surface area contributed by atoms with Crippen molar-refractivity contribution in [3.8, 4) is 16.9 Å². The van der Waals surface area contributed by atoms with Gasteiger partial charge in [-0.05, 0) is 80.0 Å². The smallest absolute Gasteiger partial charge is 0.406 e. The fourth-order valence-electron chi connectivity index (χ4n) is 4.57. The Balaban J connectivity index is 1.53. The first-order chi connectivity index (χ1) is 12.9. The molecule has 0 saturated carbocycles. The summed E-state index contributed by atoms with van der Waals surface area (Å²) in [6, 6.07) is 13.8. The average Bonchev–Trinajstić information content (AvgIpc) is 3.05. The van der Waals surface area contributed by atoms with Crippen LogP contribution >= 0.6 is 0 Å². The van der Waals surface area contributed by atoms with E-state index in [1.165, 1.54) is 42.6 Å². The minimum Gasteiger partial charge on any atom is -0.406 e. The molecule has 0 radical (unpaired) electrons. The number of rotatable bonds is 3. The van der Waals surface area contributed by atoms with E-state index in [0.29, 0.717) is 12.1 Å². The molecule has 27 heavy (non-hydrogen) atoms. The van der Waals surface area contributed by atoms with Crippen LogP contribution in [0.2, 0.25) is 0 Å². The number of alkyl halides is 3. The van der Waals surface area contributed by atoms with Crippen molar-refractivity contribution in [1.29, 1.82) is 0 Å². The third-order valence-electron chi connectivity index (χ3n) is 5.88. The molecule has 2 aliphatic rings. The molecule has 0 bridgehead atoms. The number of likely N-dealkylation sites (tertiary alicyclic amines) is 1. The van der Waals surface area contributed by atoms with Gasteiger partial charge in [-0.3, -0.25) is 4.90 Å². The van der Waals surface area contributed by atoms with Gasteiger partial charge in [-0.2, -0.15) is 0 Å². The minimum atomic E-state index is -4.67. The first-order valence-corrected chi connectivity index (χ1v) is 9.63. The molecule has 5 heteroatoms. The molecule has 0 spiro atoms. The van der Waals surface area contributed by atoms with Crippen LogP contribution in [-0.4, -0.2) is 29.9 Å². The highest BCUT2D eigenvalue weighted by atomic mass is 19.4. The average molecular weight is 375 g/mol. The van der Waals surface area contributed by atoms with E-state index < -0.39 is 6.36 Å². The van der Waals surface area contributed by atoms with Gasteiger partial charge in [-0.1, -0.05) is 30.3 Å². The zero-order chi connectivity index (χ0) is 19.0. The van der Waals surface area contributed by atoms with E-state index in [2.05, 4.69) is 28.7 Å². The second-order valence-corrected chi connectivity index (χ2v) is 7.68. The largest absolute Gasteiger partial charge is 0.573 e. The molecular weight excluding hydrogens is 351 g/mol. The lowest BCUT2D eigenvalue weighted by Crippen LogP contribution is -2.41. The second-order valence-electron chi connectivity index (χ2n) is 7.68. The van der Waals surface area contributed by atoms with Gasteiger partial charge in [-0.25, -0.2) is 0 Å². The monoisotopic (exact) mass is 375 g/mol.